The second-order valence-electron chi connectivity index (χ2n) is 14.9. The van der Waals surface area contributed by atoms with Gasteiger partial charge in [0.25, 0.3) is 0 Å². The molecule has 6 rings (SSSR count). The van der Waals surface area contributed by atoms with Crippen LogP contribution >= 0.6 is 0 Å². The van der Waals surface area contributed by atoms with Crippen LogP contribution in [0.4, 0.5) is 56.8 Å². The maximum Gasteiger partial charge on any atom is 0.416 e. The Morgan fingerprint density at radius 2 is 1.49 bits per heavy atom. The van der Waals surface area contributed by atoms with Gasteiger partial charge in [0, 0.05) is 44.2 Å². The number of esters is 1. The third-order valence-corrected chi connectivity index (χ3v) is 11.0. The molecule has 0 radical (unpaired) electrons. The molecule has 3 aromatic rings. The first-order valence-electron chi connectivity index (χ1n) is 19.5. The van der Waals surface area contributed by atoms with E-state index in [9.17, 15) is 49.1 Å². The molecule has 2 unspecified atom stereocenters. The second kappa shape index (κ2) is 17.9. The van der Waals surface area contributed by atoms with Gasteiger partial charge < -0.3 is 29.5 Å². The SMILES string of the molecule is CCOC(=O)C1CCN(CCC(=O)N2c3ccc(C(F)(F)F)cc3C(Nc3ncc(N4CCOCC4)c(Cc4cc(C(F)(F)F)cc(C(F)(F)F)c4)n3)CC2CC)CC1. The number of nitrogens with zero attached hydrogens (tertiary/aromatic N) is 5. The zero-order valence-electron chi connectivity index (χ0n) is 32.4. The topological polar surface area (TPSA) is 100 Å². The normalized spacial score (nSPS) is 19.7. The molecule has 0 saturated carbocycles. The van der Waals surface area contributed by atoms with Gasteiger partial charge >= 0.3 is 24.5 Å². The predicted molar refractivity (Wildman–Crippen MR) is 199 cm³/mol. The van der Waals surface area contributed by atoms with Crippen molar-refractivity contribution in [2.75, 3.05) is 67.7 Å². The molecular formula is C40H45F9N6O4. The largest absolute Gasteiger partial charge is 0.466 e. The van der Waals surface area contributed by atoms with Crippen molar-refractivity contribution in [2.45, 2.75) is 83.0 Å². The van der Waals surface area contributed by atoms with Gasteiger partial charge in [-0.3, -0.25) is 9.59 Å². The van der Waals surface area contributed by atoms with Crippen LogP contribution in [0.5, 0.6) is 0 Å². The number of amides is 1. The Kier molecular flexibility index (Phi) is 13.3. The summed E-state index contributed by atoms with van der Waals surface area (Å²) in [6.07, 6.45) is -12.2. The number of fused-ring (bicyclic) bond motifs is 1. The summed E-state index contributed by atoms with van der Waals surface area (Å²) in [6.45, 7) is 6.67. The molecule has 0 aliphatic carbocycles. The Morgan fingerprint density at radius 1 is 0.847 bits per heavy atom. The number of halogens is 9. The number of carbonyl (C=O) groups excluding carboxylic acids is 2. The fourth-order valence-corrected chi connectivity index (χ4v) is 7.93. The van der Waals surface area contributed by atoms with Gasteiger partial charge in [-0.25, -0.2) is 9.97 Å². The molecule has 322 valence electrons. The average Bonchev–Trinajstić information content (AvgIpc) is 3.19. The molecule has 3 aliphatic heterocycles. The number of nitrogens with one attached hydrogen (secondary N) is 1. The second-order valence-corrected chi connectivity index (χ2v) is 14.9. The zero-order chi connectivity index (χ0) is 42.7. The number of benzene rings is 2. The maximum absolute atomic E-state index is 14.1. The first-order valence-corrected chi connectivity index (χ1v) is 19.5. The maximum atomic E-state index is 14.1. The van der Waals surface area contributed by atoms with Gasteiger partial charge in [-0.05, 0) is 93.2 Å². The lowest BCUT2D eigenvalue weighted by Gasteiger charge is -2.41. The molecule has 19 heteroatoms. The molecule has 2 saturated heterocycles. The van der Waals surface area contributed by atoms with Gasteiger partial charge in [-0.2, -0.15) is 39.5 Å². The molecule has 4 heterocycles. The molecule has 2 aromatic carbocycles. The molecule has 2 atom stereocenters. The fourth-order valence-electron chi connectivity index (χ4n) is 7.93. The Bertz CT molecular complexity index is 1930. The Morgan fingerprint density at radius 3 is 2.08 bits per heavy atom. The molecule has 2 fully saturated rings. The quantitative estimate of drug-likeness (QED) is 0.151. The lowest BCUT2D eigenvalue weighted by molar-refractivity contribution is -0.150. The summed E-state index contributed by atoms with van der Waals surface area (Å²) in [5.41, 5.74) is -3.39. The van der Waals surface area contributed by atoms with Crippen LogP contribution in [0.1, 0.15) is 85.5 Å². The van der Waals surface area contributed by atoms with Crippen LogP contribution in [0.3, 0.4) is 0 Å². The summed E-state index contributed by atoms with van der Waals surface area (Å²) in [5.74, 6) is -0.873. The summed E-state index contributed by atoms with van der Waals surface area (Å²) in [6, 6.07) is 3.08. The van der Waals surface area contributed by atoms with Crippen molar-refractivity contribution in [1.82, 2.24) is 14.9 Å². The van der Waals surface area contributed by atoms with Gasteiger partial charge in [-0.15, -0.1) is 0 Å². The Hall–Kier alpha value is -4.65. The summed E-state index contributed by atoms with van der Waals surface area (Å²) in [4.78, 5) is 40.5. The highest BCUT2D eigenvalue weighted by atomic mass is 19.4. The van der Waals surface area contributed by atoms with Crippen molar-refractivity contribution >= 4 is 29.2 Å². The van der Waals surface area contributed by atoms with Crippen molar-refractivity contribution in [3.63, 3.8) is 0 Å². The summed E-state index contributed by atoms with van der Waals surface area (Å²) in [5, 5.41) is 3.10. The summed E-state index contributed by atoms with van der Waals surface area (Å²) in [7, 11) is 0. The first-order chi connectivity index (χ1) is 27.8. The lowest BCUT2D eigenvalue weighted by atomic mass is 9.88. The van der Waals surface area contributed by atoms with Crippen LogP contribution in [0, 0.1) is 5.92 Å². The van der Waals surface area contributed by atoms with Gasteiger partial charge in [0.05, 0.1) is 66.0 Å². The molecule has 1 N–H and O–H groups in total. The number of hydrogen-bond acceptors (Lipinski definition) is 9. The van der Waals surface area contributed by atoms with E-state index in [-0.39, 0.29) is 71.8 Å². The van der Waals surface area contributed by atoms with Gasteiger partial charge in [0.1, 0.15) is 0 Å². The van der Waals surface area contributed by atoms with E-state index in [0.29, 0.717) is 83.0 Å². The van der Waals surface area contributed by atoms with Crippen molar-refractivity contribution in [3.8, 4) is 0 Å². The number of piperidine rings is 1. The number of hydrogen-bond donors (Lipinski definition) is 1. The van der Waals surface area contributed by atoms with E-state index in [1.54, 1.807) is 11.8 Å². The standard InChI is InChI=1S/C40H45F9N6O4/c1-3-29-22-31(30-21-26(38(41,42)43)5-6-33(30)55(29)35(56)9-12-53-10-7-25(8-11-53)36(57)59-4-2)51-37-50-23-34(54-13-15-58-16-14-54)32(52-37)19-24-17-27(39(44,45)46)20-28(18-24)40(47,48)49/h5-6,17-18,20-21,23,25,29,31H,3-4,7-16,19,22H2,1-2H3,(H,50,51,52). The molecule has 0 spiro atoms. The van der Waals surface area contributed by atoms with Gasteiger partial charge in [-0.1, -0.05) is 6.92 Å². The van der Waals surface area contributed by atoms with Crippen LogP contribution < -0.4 is 15.1 Å². The highest BCUT2D eigenvalue weighted by Gasteiger charge is 2.40. The van der Waals surface area contributed by atoms with E-state index < -0.39 is 53.7 Å². The lowest BCUT2D eigenvalue weighted by Crippen LogP contribution is -2.47. The molecule has 59 heavy (non-hydrogen) atoms. The highest BCUT2D eigenvalue weighted by Crippen LogP contribution is 2.44. The van der Waals surface area contributed by atoms with E-state index >= 15 is 0 Å². The average molecular weight is 845 g/mol. The van der Waals surface area contributed by atoms with Crippen LogP contribution in [-0.4, -0.2) is 85.3 Å². The summed E-state index contributed by atoms with van der Waals surface area (Å²) >= 11 is 0. The van der Waals surface area contributed by atoms with Crippen LogP contribution in [0.2, 0.25) is 0 Å². The van der Waals surface area contributed by atoms with Crippen molar-refractivity contribution in [1.29, 1.82) is 0 Å². The first kappa shape index (κ1) is 43.9. The molecule has 1 amide bonds. The molecule has 0 bridgehead atoms. The van der Waals surface area contributed by atoms with E-state index in [4.69, 9.17) is 9.47 Å². The summed E-state index contributed by atoms with van der Waals surface area (Å²) < 4.78 is 136. The monoisotopic (exact) mass is 844 g/mol. The predicted octanol–water partition coefficient (Wildman–Crippen LogP) is 8.29. The Balaban J connectivity index is 1.30. The minimum atomic E-state index is -5.07. The van der Waals surface area contributed by atoms with E-state index in [2.05, 4.69) is 20.2 Å². The smallest absolute Gasteiger partial charge is 0.416 e. The number of anilines is 3. The van der Waals surface area contributed by atoms with Crippen molar-refractivity contribution in [3.05, 3.63) is 76.1 Å². The number of rotatable bonds is 11. The van der Waals surface area contributed by atoms with E-state index in [1.165, 1.54) is 17.2 Å². The minimum absolute atomic E-state index is 0.0452. The third-order valence-electron chi connectivity index (χ3n) is 11.0. The van der Waals surface area contributed by atoms with Crippen molar-refractivity contribution < 1.29 is 58.6 Å². The molecule has 3 aliphatic rings. The number of alkyl halides is 9. The molecular weight excluding hydrogens is 799 g/mol. The molecule has 1 aromatic heterocycles. The van der Waals surface area contributed by atoms with Crippen LogP contribution in [-0.2, 0) is 44.0 Å². The van der Waals surface area contributed by atoms with E-state index in [1.807, 2.05) is 6.92 Å². The minimum Gasteiger partial charge on any atom is -0.466 e. The van der Waals surface area contributed by atoms with Gasteiger partial charge in [0.15, 0.2) is 0 Å². The van der Waals surface area contributed by atoms with Crippen LogP contribution in [0.25, 0.3) is 0 Å². The number of ether oxygens (including phenoxy) is 2. The van der Waals surface area contributed by atoms with Crippen molar-refractivity contribution in [2.24, 2.45) is 5.92 Å². The third kappa shape index (κ3) is 10.6. The van der Waals surface area contributed by atoms with Crippen LogP contribution in [0.15, 0.2) is 42.6 Å². The number of likely N-dealkylation sites (tertiary alicyclic amines) is 1. The Labute approximate surface area is 335 Å². The van der Waals surface area contributed by atoms with Gasteiger partial charge in [0.2, 0.25) is 11.9 Å². The fraction of sp³-hybridized carbons (Fsp3) is 0.550. The number of morpholine rings is 1. The number of carbonyl (C=O) groups is 2. The van der Waals surface area contributed by atoms with E-state index in [0.717, 1.165) is 12.1 Å². The highest BCUT2D eigenvalue weighted by molar-refractivity contribution is 5.95. The number of aromatic nitrogens is 2. The zero-order valence-corrected chi connectivity index (χ0v) is 32.4. The molecule has 10 nitrogen and oxygen atoms in total.